The second-order valence-corrected chi connectivity index (χ2v) is 8.92. The molecule has 4 aromatic rings. The monoisotopic (exact) mass is 511 g/mol. The molecule has 0 spiro atoms. The van der Waals surface area contributed by atoms with Crippen molar-refractivity contribution in [3.05, 3.63) is 81.9 Å². The smallest absolute Gasteiger partial charge is 0.274 e. The zero-order valence-corrected chi connectivity index (χ0v) is 19.9. The molecule has 0 amide bonds. The Morgan fingerprint density at radius 2 is 1.75 bits per heavy atom. The Bertz CT molecular complexity index is 1230. The molecular formula is C23H24BrN6OS+. The number of nitrogens with zero attached hydrogens (tertiary/aromatic N) is 5. The number of furan rings is 1. The number of H-pyrrole nitrogens is 1. The molecule has 5 rings (SSSR count). The van der Waals surface area contributed by atoms with Gasteiger partial charge in [-0.3, -0.25) is 14.4 Å². The quantitative estimate of drug-likeness (QED) is 0.365. The van der Waals surface area contributed by atoms with Gasteiger partial charge in [-0.05, 0) is 51.9 Å². The molecule has 1 aromatic carbocycles. The van der Waals surface area contributed by atoms with Gasteiger partial charge in [0.05, 0.1) is 32.5 Å². The van der Waals surface area contributed by atoms with Crippen molar-refractivity contribution in [2.24, 2.45) is 0 Å². The molecule has 4 heterocycles. The van der Waals surface area contributed by atoms with E-state index < -0.39 is 0 Å². The van der Waals surface area contributed by atoms with Gasteiger partial charge < -0.3 is 4.42 Å². The van der Waals surface area contributed by atoms with Gasteiger partial charge in [-0.15, -0.1) is 5.10 Å². The highest BCUT2D eigenvalue weighted by Crippen LogP contribution is 2.25. The van der Waals surface area contributed by atoms with Crippen LogP contribution >= 0.6 is 28.1 Å². The summed E-state index contributed by atoms with van der Waals surface area (Å²) in [5.41, 5.74) is 1.17. The summed E-state index contributed by atoms with van der Waals surface area (Å²) < 4.78 is 11.1. The van der Waals surface area contributed by atoms with Gasteiger partial charge in [0.2, 0.25) is 0 Å². The zero-order chi connectivity index (χ0) is 21.9. The van der Waals surface area contributed by atoms with Gasteiger partial charge in [-0.1, -0.05) is 36.4 Å². The van der Waals surface area contributed by atoms with Crippen molar-refractivity contribution >= 4 is 34.0 Å². The number of hydrogen-bond acceptors (Lipinski definition) is 5. The van der Waals surface area contributed by atoms with Crippen LogP contribution in [0.3, 0.4) is 0 Å². The van der Waals surface area contributed by atoms with Crippen LogP contribution in [0.5, 0.6) is 0 Å². The number of anilines is 1. The second-order valence-electron chi connectivity index (χ2n) is 7.78. The number of aromatic nitrogens is 4. The van der Waals surface area contributed by atoms with E-state index in [1.165, 1.54) is 5.56 Å². The van der Waals surface area contributed by atoms with Crippen molar-refractivity contribution in [1.29, 1.82) is 0 Å². The molecule has 0 radical (unpaired) electrons. The van der Waals surface area contributed by atoms with Gasteiger partial charge >= 0.3 is 0 Å². The Hall–Kier alpha value is -2.75. The van der Waals surface area contributed by atoms with E-state index >= 15 is 0 Å². The van der Waals surface area contributed by atoms with Gasteiger partial charge in [-0.25, -0.2) is 9.67 Å². The number of nitrogens with one attached hydrogen (secondary N) is 1. The first-order chi connectivity index (χ1) is 15.7. The van der Waals surface area contributed by atoms with Gasteiger partial charge in [0.1, 0.15) is 0 Å². The van der Waals surface area contributed by atoms with E-state index in [9.17, 15) is 0 Å². The molecule has 3 aromatic heterocycles. The molecule has 1 N–H and O–H groups in total. The van der Waals surface area contributed by atoms with E-state index in [1.54, 1.807) is 0 Å². The normalized spacial score (nSPS) is 14.7. The summed E-state index contributed by atoms with van der Waals surface area (Å²) in [5.74, 6) is 2.59. The van der Waals surface area contributed by atoms with Gasteiger partial charge in [-0.2, -0.15) is 0 Å². The number of hydrogen-bond donors (Lipinski definition) is 0. The van der Waals surface area contributed by atoms with Crippen LogP contribution in [0, 0.1) is 4.77 Å². The second kappa shape index (κ2) is 9.40. The summed E-state index contributed by atoms with van der Waals surface area (Å²) in [4.78, 5) is 8.08. The van der Waals surface area contributed by atoms with E-state index in [1.807, 2.05) is 51.8 Å². The highest BCUT2D eigenvalue weighted by molar-refractivity contribution is 9.10. The molecule has 7 nitrogen and oxygen atoms in total. The Kier molecular flexibility index (Phi) is 6.20. The summed E-state index contributed by atoms with van der Waals surface area (Å²) in [6, 6.07) is 20.3. The fourth-order valence-electron chi connectivity index (χ4n) is 3.96. The third kappa shape index (κ3) is 4.55. The lowest BCUT2D eigenvalue weighted by Crippen LogP contribution is -2.48. The maximum atomic E-state index is 5.85. The summed E-state index contributed by atoms with van der Waals surface area (Å²) in [6.07, 6.45) is 1.97. The third-order valence-electron chi connectivity index (χ3n) is 5.64. The molecule has 1 aliphatic rings. The highest BCUT2D eigenvalue weighted by atomic mass is 79.9. The first-order valence-electron chi connectivity index (χ1n) is 10.6. The molecule has 1 aliphatic heterocycles. The lowest BCUT2D eigenvalue weighted by Gasteiger charge is -2.30. The Morgan fingerprint density at radius 1 is 0.969 bits per heavy atom. The maximum absolute atomic E-state index is 5.85. The average Bonchev–Trinajstić information content (AvgIpc) is 3.39. The van der Waals surface area contributed by atoms with E-state index in [2.05, 4.69) is 55.0 Å². The Balaban J connectivity index is 1.37. The third-order valence-corrected chi connectivity index (χ3v) is 6.50. The summed E-state index contributed by atoms with van der Waals surface area (Å²) in [6.45, 7) is 5.09. The van der Waals surface area contributed by atoms with Crippen LogP contribution in [0.25, 0.3) is 11.6 Å². The minimum atomic E-state index is 0.644. The largest absolute Gasteiger partial charge is 0.446 e. The Labute approximate surface area is 200 Å². The number of aromatic amines is 1. The van der Waals surface area contributed by atoms with Crippen LogP contribution in [0.2, 0.25) is 0 Å². The fourth-order valence-corrected chi connectivity index (χ4v) is 4.51. The van der Waals surface area contributed by atoms with Gasteiger partial charge in [0, 0.05) is 19.2 Å². The molecule has 32 heavy (non-hydrogen) atoms. The van der Waals surface area contributed by atoms with Crippen molar-refractivity contribution in [2.75, 3.05) is 31.1 Å². The average molecular weight is 512 g/mol. The van der Waals surface area contributed by atoms with Crippen LogP contribution < -0.4 is 9.88 Å². The number of pyridine rings is 1. The molecule has 0 unspecified atom stereocenters. The molecule has 164 valence electrons. The minimum Gasteiger partial charge on any atom is -0.446 e. The summed E-state index contributed by atoms with van der Waals surface area (Å²) in [7, 11) is 0. The molecule has 0 saturated carbocycles. The lowest BCUT2D eigenvalue weighted by atomic mass is 10.2. The van der Waals surface area contributed by atoms with Crippen molar-refractivity contribution in [1.82, 2.24) is 19.2 Å². The predicted molar refractivity (Wildman–Crippen MR) is 129 cm³/mol. The van der Waals surface area contributed by atoms with Crippen LogP contribution in [-0.4, -0.2) is 45.4 Å². The molecule has 1 saturated heterocycles. The van der Waals surface area contributed by atoms with Crippen LogP contribution in [0.4, 0.5) is 5.82 Å². The number of halogens is 1. The van der Waals surface area contributed by atoms with Crippen LogP contribution in [0.1, 0.15) is 5.56 Å². The van der Waals surface area contributed by atoms with E-state index in [4.69, 9.17) is 21.7 Å². The first kappa shape index (κ1) is 21.1. The standard InChI is InChI=1S/C23H23BrN6OS/c24-20-10-9-19(31-20)22-26-30(23(32)29(22)16-18-6-2-1-3-7-18)17-27-12-14-28(15-13-27)21-8-4-5-11-25-21/h1-11H,12-17H2/p+1. The highest BCUT2D eigenvalue weighted by Gasteiger charge is 2.24. The van der Waals surface area contributed by atoms with Gasteiger partial charge in [0.15, 0.2) is 21.0 Å². The molecule has 0 aliphatic carbocycles. The van der Waals surface area contributed by atoms with Gasteiger partial charge in [0.25, 0.3) is 5.82 Å². The number of piperazine rings is 1. The molecular weight excluding hydrogens is 488 g/mol. The summed E-state index contributed by atoms with van der Waals surface area (Å²) >= 11 is 9.25. The topological polar surface area (TPSA) is 56.5 Å². The van der Waals surface area contributed by atoms with Crippen molar-refractivity contribution in [3.8, 4) is 11.6 Å². The van der Waals surface area contributed by atoms with E-state index in [0.29, 0.717) is 28.4 Å². The van der Waals surface area contributed by atoms with Crippen LogP contribution in [-0.2, 0) is 13.2 Å². The van der Waals surface area contributed by atoms with E-state index in [-0.39, 0.29) is 0 Å². The fraction of sp³-hybridized carbons (Fsp3) is 0.261. The van der Waals surface area contributed by atoms with Crippen molar-refractivity contribution in [3.63, 3.8) is 0 Å². The first-order valence-corrected chi connectivity index (χ1v) is 11.8. The molecule has 1 fully saturated rings. The molecule has 9 heteroatoms. The molecule has 0 bridgehead atoms. The van der Waals surface area contributed by atoms with E-state index in [0.717, 1.165) is 37.8 Å². The maximum Gasteiger partial charge on any atom is 0.274 e. The molecule has 0 atom stereocenters. The van der Waals surface area contributed by atoms with Crippen LogP contribution in [0.15, 0.2) is 75.9 Å². The predicted octanol–water partition coefficient (Wildman–Crippen LogP) is 4.08. The zero-order valence-electron chi connectivity index (χ0n) is 17.5. The minimum absolute atomic E-state index is 0.644. The number of benzene rings is 1. The van der Waals surface area contributed by atoms with Crippen molar-refractivity contribution < 1.29 is 9.40 Å². The number of rotatable bonds is 6. The lowest BCUT2D eigenvalue weighted by molar-refractivity contribution is -0.364. The SMILES string of the molecule is S=c1n(CN2CCN(c3cccc[nH+]3)CC2)nc(-c2ccc(Br)o2)n1Cc1ccccc1. The Morgan fingerprint density at radius 3 is 2.44 bits per heavy atom. The van der Waals surface area contributed by atoms with Crippen molar-refractivity contribution in [2.45, 2.75) is 13.2 Å². The summed E-state index contributed by atoms with van der Waals surface area (Å²) in [5, 5.41) is 4.86.